The zero-order valence-electron chi connectivity index (χ0n) is 7.46. The lowest BCUT2D eigenvalue weighted by molar-refractivity contribution is -0.441. The molecule has 0 aliphatic heterocycles. The highest BCUT2D eigenvalue weighted by atomic mass is 16.4. The maximum atomic E-state index is 10.1. The van der Waals surface area contributed by atoms with Gasteiger partial charge in [-0.15, -0.1) is 0 Å². The van der Waals surface area contributed by atoms with Crippen LogP contribution in [0, 0.1) is 0 Å². The summed E-state index contributed by atoms with van der Waals surface area (Å²) in [4.78, 5) is 10.1. The number of aliphatic hydroxyl groups excluding tert-OH is 1. The van der Waals surface area contributed by atoms with Crippen LogP contribution in [-0.2, 0) is 4.79 Å². The average molecular weight is 109 g/mol. The molecular formula is C3H7NO3. The molecule has 0 saturated heterocycles. The van der Waals surface area contributed by atoms with E-state index < -0.39 is 24.3 Å². The molecule has 0 aliphatic carbocycles. The second-order valence-corrected chi connectivity index (χ2v) is 1.00. The van der Waals surface area contributed by atoms with Gasteiger partial charge >= 0.3 is 4.24 Å². The molecule has 42 valence electrons. The van der Waals surface area contributed by atoms with Crippen LogP contribution in [0.3, 0.4) is 0 Å². The zero-order valence-corrected chi connectivity index (χ0v) is 3.46. The number of hydrogen-bond donors (Lipinski definition) is 2. The lowest BCUT2D eigenvalue weighted by Crippen LogP contribution is -2.70. The SMILES string of the molecule is [2H]OC[C@H](C(=O)[O-])[N+]([2H])([2H])[2H]. The fraction of sp³-hybridized carbons (Fsp3) is 0.667. The van der Waals surface area contributed by atoms with Crippen molar-refractivity contribution in [3.63, 3.8) is 0 Å². The van der Waals surface area contributed by atoms with Gasteiger partial charge < -0.3 is 20.7 Å². The molecule has 7 heavy (non-hydrogen) atoms. The van der Waals surface area contributed by atoms with E-state index in [2.05, 4.69) is 5.11 Å². The number of carboxylic acids is 1. The Morgan fingerprint density at radius 3 is 3.29 bits per heavy atom. The first-order chi connectivity index (χ1) is 4.89. The Bertz CT molecular complexity index is 146. The van der Waals surface area contributed by atoms with Gasteiger partial charge in [0.25, 0.3) is 0 Å². The maximum Gasteiger partial charge on any atom is 0.345 e. The van der Waals surface area contributed by atoms with E-state index in [0.29, 0.717) is 0 Å². The van der Waals surface area contributed by atoms with Crippen molar-refractivity contribution in [1.29, 1.82) is 1.43 Å². The third-order valence-electron chi connectivity index (χ3n) is 0.430. The molecule has 1 atom stereocenters. The van der Waals surface area contributed by atoms with Gasteiger partial charge in [0.1, 0.15) is 18.6 Å². The summed E-state index contributed by atoms with van der Waals surface area (Å²) in [5.74, 6) is -1.75. The van der Waals surface area contributed by atoms with Crippen molar-refractivity contribution in [2.24, 2.45) is 0 Å². The molecule has 4 heteroatoms. The maximum absolute atomic E-state index is 10.1. The number of carbonyl (C=O) groups is 1. The number of aliphatic carboxylic acids is 1. The lowest BCUT2D eigenvalue weighted by Gasteiger charge is -2.02. The second-order valence-electron chi connectivity index (χ2n) is 1.00. The third-order valence-corrected chi connectivity index (χ3v) is 0.430. The largest absolute Gasteiger partial charge is 0.544 e. The van der Waals surface area contributed by atoms with Crippen LogP contribution in [-0.4, -0.2) is 25.2 Å². The average Bonchev–Trinajstić information content (AvgIpc) is 1.79. The number of aliphatic hydroxyl groups is 1. The highest BCUT2D eigenvalue weighted by Gasteiger charge is 2.01. The smallest absolute Gasteiger partial charge is 0.345 e. The van der Waals surface area contributed by atoms with Gasteiger partial charge in [-0.25, -0.2) is 0 Å². The molecule has 0 bridgehead atoms. The first-order valence-corrected chi connectivity index (χ1v) is 1.65. The summed E-state index contributed by atoms with van der Waals surface area (Å²) in [6.45, 7) is -0.709. The standard InChI is InChI=1S/C3H7NO3/c4-2(1-5)3(6)7/h2,5H,1,4H2,(H,6,7)/t2-/m1/s1/i5D/hD3. The molecule has 0 radical (unpaired) electrons. The molecule has 4 N–H and O–H groups in total. The predicted octanol–water partition coefficient (Wildman–Crippen LogP) is -3.66. The molecule has 0 spiro atoms. The highest BCUT2D eigenvalue weighted by Crippen LogP contribution is 1.63. The molecule has 0 aromatic heterocycles. The van der Waals surface area contributed by atoms with Gasteiger partial charge in [-0.3, -0.25) is 0 Å². The van der Waals surface area contributed by atoms with Crippen molar-refractivity contribution in [3.8, 4) is 0 Å². The molecule has 0 amide bonds. The Labute approximate surface area is 46.4 Å². The van der Waals surface area contributed by atoms with Gasteiger partial charge in [0.2, 0.25) is 1.43 Å². The first-order valence-electron chi connectivity index (χ1n) is 3.40. The fourth-order valence-corrected chi connectivity index (χ4v) is 0.0680. The molecule has 0 unspecified atom stereocenters. The van der Waals surface area contributed by atoms with Crippen LogP contribution >= 0.6 is 0 Å². The predicted molar refractivity (Wildman–Crippen MR) is 18.8 cm³/mol. The number of carboxylic acid groups (broad SMARTS) is 1. The molecule has 0 rings (SSSR count). The van der Waals surface area contributed by atoms with Crippen molar-refractivity contribution >= 4 is 5.97 Å². The van der Waals surface area contributed by atoms with E-state index in [9.17, 15) is 9.90 Å². The molecule has 4 nitrogen and oxygen atoms in total. The normalized spacial score (nSPS) is 23.4. The van der Waals surface area contributed by atoms with Crippen molar-refractivity contribution in [2.45, 2.75) is 6.04 Å². The number of hydrogen-bond acceptors (Lipinski definition) is 3. The summed E-state index contributed by atoms with van der Waals surface area (Å²) in [5.41, 5.74) is -2.05. The zero-order chi connectivity index (χ0) is 9.07. The van der Waals surface area contributed by atoms with Crippen LogP contribution < -0.4 is 10.8 Å². The van der Waals surface area contributed by atoms with Gasteiger partial charge in [0.15, 0.2) is 0 Å². The number of rotatable bonds is 4. The Balaban J connectivity index is 4.22. The van der Waals surface area contributed by atoms with Crippen molar-refractivity contribution < 1.29 is 25.0 Å². The lowest BCUT2D eigenvalue weighted by atomic mass is 10.3. The van der Waals surface area contributed by atoms with Crippen LogP contribution in [0.25, 0.3) is 0 Å². The van der Waals surface area contributed by atoms with E-state index in [1.165, 1.54) is 0 Å². The van der Waals surface area contributed by atoms with Crippen LogP contribution in [0.4, 0.5) is 0 Å². The van der Waals surface area contributed by atoms with Gasteiger partial charge in [0.05, 0.1) is 0 Å². The van der Waals surface area contributed by atoms with E-state index in [4.69, 9.17) is 5.67 Å². The summed E-state index contributed by atoms with van der Waals surface area (Å²) in [5, 5.41) is 13.7. The topological polar surface area (TPSA) is 88.0 Å². The molecule has 0 saturated carbocycles. The Hall–Kier alpha value is -0.610. The Morgan fingerprint density at radius 1 is 2.43 bits per heavy atom. The van der Waals surface area contributed by atoms with Crippen molar-refractivity contribution in [2.75, 3.05) is 6.61 Å². The minimum absolute atomic E-state index is 0.709. The van der Waals surface area contributed by atoms with Crippen molar-refractivity contribution in [1.82, 2.24) is 0 Å². The Morgan fingerprint density at radius 2 is 3.14 bits per heavy atom. The molecule has 0 fully saturated rings. The van der Waals surface area contributed by atoms with Gasteiger partial charge in [0, 0.05) is 0 Å². The highest BCUT2D eigenvalue weighted by molar-refractivity contribution is 5.69. The summed E-state index contributed by atoms with van der Waals surface area (Å²) >= 11 is 0. The molecule has 0 heterocycles. The van der Waals surface area contributed by atoms with Gasteiger partial charge in [-0.1, -0.05) is 0 Å². The monoisotopic (exact) mass is 109 g/mol. The molecule has 0 aromatic carbocycles. The summed E-state index contributed by atoms with van der Waals surface area (Å²) in [6, 6.07) is -1.78. The fourth-order valence-electron chi connectivity index (χ4n) is 0.0680. The summed E-state index contributed by atoms with van der Waals surface area (Å²) in [6.07, 6.45) is 0. The third kappa shape index (κ3) is 2.13. The van der Waals surface area contributed by atoms with Crippen LogP contribution in [0.2, 0.25) is 4.24 Å². The second kappa shape index (κ2) is 2.54. The molecule has 0 aromatic rings. The van der Waals surface area contributed by atoms with Crippen molar-refractivity contribution in [3.05, 3.63) is 0 Å². The first kappa shape index (κ1) is 2.11. The quantitative estimate of drug-likeness (QED) is 0.390. The van der Waals surface area contributed by atoms with Crippen LogP contribution in [0.5, 0.6) is 0 Å². The number of carbonyl (C=O) groups excluding carboxylic acids is 1. The van der Waals surface area contributed by atoms with Gasteiger partial charge in [-0.05, 0) is 0 Å². The minimum atomic E-state index is -2.05. The molecular weight excluding hydrogens is 98.0 g/mol. The van der Waals surface area contributed by atoms with Crippen LogP contribution in [0.15, 0.2) is 0 Å². The van der Waals surface area contributed by atoms with E-state index >= 15 is 0 Å². The van der Waals surface area contributed by atoms with E-state index in [0.717, 1.165) is 0 Å². The summed E-state index contributed by atoms with van der Waals surface area (Å²) < 4.78 is 26.0. The van der Waals surface area contributed by atoms with Crippen LogP contribution in [0.1, 0.15) is 0 Å². The van der Waals surface area contributed by atoms with Gasteiger partial charge in [-0.2, -0.15) is 0 Å². The summed E-state index contributed by atoms with van der Waals surface area (Å²) in [7, 11) is 0. The molecule has 0 aliphatic rings. The minimum Gasteiger partial charge on any atom is -0.544 e. The Kier molecular flexibility index (Phi) is 0.765. The van der Waals surface area contributed by atoms with E-state index in [-0.39, 0.29) is 0 Å². The van der Waals surface area contributed by atoms with E-state index in [1.54, 1.807) is 0 Å². The number of quaternary nitrogens is 1. The van der Waals surface area contributed by atoms with E-state index in [1.807, 2.05) is 0 Å².